The third-order valence-electron chi connectivity index (χ3n) is 2.95. The van der Waals surface area contributed by atoms with Gasteiger partial charge in [0.05, 0.1) is 6.54 Å². The largest absolute Gasteiger partial charge is 0.308 e. The Morgan fingerprint density at radius 2 is 2.00 bits per heavy atom. The monoisotopic (exact) mass is 224 g/mol. The molecule has 1 aromatic rings. The van der Waals surface area contributed by atoms with E-state index in [1.807, 2.05) is 4.68 Å². The summed E-state index contributed by atoms with van der Waals surface area (Å²) in [6.07, 6.45) is 4.06. The van der Waals surface area contributed by atoms with Crippen molar-refractivity contribution in [1.82, 2.24) is 20.1 Å². The van der Waals surface area contributed by atoms with E-state index in [9.17, 15) is 0 Å². The summed E-state index contributed by atoms with van der Waals surface area (Å²) in [5.74, 6) is 1.75. The average Bonchev–Trinajstić information content (AvgIpc) is 2.70. The van der Waals surface area contributed by atoms with Gasteiger partial charge in [-0.2, -0.15) is 5.10 Å². The van der Waals surface area contributed by atoms with Gasteiger partial charge in [0.25, 0.3) is 0 Å². The molecule has 0 radical (unpaired) electrons. The molecule has 1 heterocycles. The molecule has 4 nitrogen and oxygen atoms in total. The number of aromatic nitrogens is 3. The van der Waals surface area contributed by atoms with Crippen LogP contribution in [0.15, 0.2) is 6.33 Å². The maximum absolute atomic E-state index is 4.30. The van der Waals surface area contributed by atoms with Crippen molar-refractivity contribution in [3.05, 3.63) is 12.2 Å². The predicted molar refractivity (Wildman–Crippen MR) is 66.1 cm³/mol. The average molecular weight is 224 g/mol. The van der Waals surface area contributed by atoms with Crippen LogP contribution in [0.1, 0.15) is 46.4 Å². The van der Waals surface area contributed by atoms with Crippen LogP contribution >= 0.6 is 0 Å². The van der Waals surface area contributed by atoms with Gasteiger partial charge in [0.1, 0.15) is 12.2 Å². The third-order valence-corrected chi connectivity index (χ3v) is 2.95. The SMILES string of the molecule is CCC(CC)Cn1ncnc1CNC(C)C. The van der Waals surface area contributed by atoms with Crippen molar-refractivity contribution < 1.29 is 0 Å². The van der Waals surface area contributed by atoms with Gasteiger partial charge in [-0.3, -0.25) is 0 Å². The summed E-state index contributed by atoms with van der Waals surface area (Å²) in [4.78, 5) is 4.30. The van der Waals surface area contributed by atoms with E-state index < -0.39 is 0 Å². The van der Waals surface area contributed by atoms with Crippen molar-refractivity contribution in [1.29, 1.82) is 0 Å². The molecule has 0 bridgehead atoms. The fourth-order valence-corrected chi connectivity index (χ4v) is 1.66. The van der Waals surface area contributed by atoms with Gasteiger partial charge in [0.2, 0.25) is 0 Å². The summed E-state index contributed by atoms with van der Waals surface area (Å²) in [5, 5.41) is 7.67. The van der Waals surface area contributed by atoms with Crippen molar-refractivity contribution in [2.24, 2.45) is 5.92 Å². The summed E-state index contributed by atoms with van der Waals surface area (Å²) in [5.41, 5.74) is 0. The number of rotatable bonds is 7. The van der Waals surface area contributed by atoms with Crippen molar-refractivity contribution in [3.63, 3.8) is 0 Å². The third kappa shape index (κ3) is 3.93. The molecule has 0 unspecified atom stereocenters. The van der Waals surface area contributed by atoms with Gasteiger partial charge in [0, 0.05) is 12.6 Å². The topological polar surface area (TPSA) is 42.7 Å². The quantitative estimate of drug-likeness (QED) is 0.772. The molecule has 1 rings (SSSR count). The standard InChI is InChI=1S/C12H24N4/c1-5-11(6-2)8-16-12(14-9-15-16)7-13-10(3)4/h9-11,13H,5-8H2,1-4H3. The number of nitrogens with one attached hydrogen (secondary N) is 1. The molecule has 0 fully saturated rings. The Morgan fingerprint density at radius 1 is 1.31 bits per heavy atom. The minimum Gasteiger partial charge on any atom is -0.308 e. The van der Waals surface area contributed by atoms with Crippen LogP contribution in [0, 0.1) is 5.92 Å². The zero-order valence-electron chi connectivity index (χ0n) is 10.9. The molecule has 0 aliphatic carbocycles. The Morgan fingerprint density at radius 3 is 2.56 bits per heavy atom. The van der Waals surface area contributed by atoms with Gasteiger partial charge in [-0.25, -0.2) is 9.67 Å². The lowest BCUT2D eigenvalue weighted by Gasteiger charge is -2.14. The highest BCUT2D eigenvalue weighted by atomic mass is 15.3. The van der Waals surface area contributed by atoms with Crippen LogP contribution in [0.5, 0.6) is 0 Å². The zero-order valence-corrected chi connectivity index (χ0v) is 10.9. The first-order valence-electron chi connectivity index (χ1n) is 6.27. The Labute approximate surface area is 98.5 Å². The minimum atomic E-state index is 0.485. The van der Waals surface area contributed by atoms with Gasteiger partial charge < -0.3 is 5.32 Å². The van der Waals surface area contributed by atoms with Crippen LogP contribution in [0.25, 0.3) is 0 Å². The molecule has 0 amide bonds. The Balaban J connectivity index is 2.55. The summed E-state index contributed by atoms with van der Waals surface area (Å²) < 4.78 is 2.03. The zero-order chi connectivity index (χ0) is 12.0. The van der Waals surface area contributed by atoms with Crippen molar-refractivity contribution in [2.75, 3.05) is 0 Å². The molecule has 0 saturated heterocycles. The van der Waals surface area contributed by atoms with Crippen LogP contribution in [-0.4, -0.2) is 20.8 Å². The predicted octanol–water partition coefficient (Wildman–Crippen LogP) is 2.21. The maximum Gasteiger partial charge on any atom is 0.140 e. The van der Waals surface area contributed by atoms with E-state index in [1.54, 1.807) is 6.33 Å². The molecule has 0 atom stereocenters. The summed E-state index contributed by atoms with van der Waals surface area (Å²) in [7, 11) is 0. The van der Waals surface area contributed by atoms with Crippen LogP contribution in [0.2, 0.25) is 0 Å². The molecular formula is C12H24N4. The molecular weight excluding hydrogens is 200 g/mol. The number of hydrogen-bond donors (Lipinski definition) is 1. The molecule has 0 spiro atoms. The maximum atomic E-state index is 4.30. The highest BCUT2D eigenvalue weighted by molar-refractivity contribution is 4.84. The van der Waals surface area contributed by atoms with Crippen molar-refractivity contribution in [3.8, 4) is 0 Å². The molecule has 1 N–H and O–H groups in total. The fraction of sp³-hybridized carbons (Fsp3) is 0.833. The fourth-order valence-electron chi connectivity index (χ4n) is 1.66. The van der Waals surface area contributed by atoms with E-state index in [1.165, 1.54) is 12.8 Å². The van der Waals surface area contributed by atoms with Gasteiger partial charge in [-0.15, -0.1) is 0 Å². The normalized spacial score (nSPS) is 11.6. The summed E-state index contributed by atoms with van der Waals surface area (Å²) >= 11 is 0. The molecule has 4 heteroatoms. The number of hydrogen-bond acceptors (Lipinski definition) is 3. The second-order valence-electron chi connectivity index (χ2n) is 4.58. The first kappa shape index (κ1) is 13.2. The van der Waals surface area contributed by atoms with Gasteiger partial charge in [-0.1, -0.05) is 40.5 Å². The van der Waals surface area contributed by atoms with E-state index in [0.29, 0.717) is 12.0 Å². The summed E-state index contributed by atoms with van der Waals surface area (Å²) in [6.45, 7) is 10.5. The highest BCUT2D eigenvalue weighted by Gasteiger charge is 2.09. The van der Waals surface area contributed by atoms with Gasteiger partial charge in [-0.05, 0) is 5.92 Å². The second-order valence-corrected chi connectivity index (χ2v) is 4.58. The Bertz CT molecular complexity index is 289. The molecule has 16 heavy (non-hydrogen) atoms. The lowest BCUT2D eigenvalue weighted by atomic mass is 10.0. The lowest BCUT2D eigenvalue weighted by molar-refractivity contribution is 0.382. The van der Waals surface area contributed by atoms with Crippen LogP contribution in [0.4, 0.5) is 0 Å². The van der Waals surface area contributed by atoms with Crippen molar-refractivity contribution >= 4 is 0 Å². The molecule has 0 saturated carbocycles. The molecule has 0 aliphatic heterocycles. The van der Waals surface area contributed by atoms with Crippen LogP contribution in [0.3, 0.4) is 0 Å². The Hall–Kier alpha value is -0.900. The lowest BCUT2D eigenvalue weighted by Crippen LogP contribution is -2.25. The van der Waals surface area contributed by atoms with E-state index in [-0.39, 0.29) is 0 Å². The Kier molecular flexibility index (Phi) is 5.46. The first-order chi connectivity index (χ1) is 7.67. The molecule has 0 aromatic carbocycles. The van der Waals surface area contributed by atoms with Gasteiger partial charge >= 0.3 is 0 Å². The van der Waals surface area contributed by atoms with E-state index in [4.69, 9.17) is 0 Å². The summed E-state index contributed by atoms with van der Waals surface area (Å²) in [6, 6.07) is 0.485. The first-order valence-corrected chi connectivity index (χ1v) is 6.27. The van der Waals surface area contributed by atoms with E-state index in [2.05, 4.69) is 43.1 Å². The van der Waals surface area contributed by atoms with E-state index >= 15 is 0 Å². The number of nitrogens with zero attached hydrogens (tertiary/aromatic N) is 3. The smallest absolute Gasteiger partial charge is 0.140 e. The molecule has 0 aliphatic rings. The van der Waals surface area contributed by atoms with Crippen LogP contribution in [-0.2, 0) is 13.1 Å². The van der Waals surface area contributed by atoms with Crippen LogP contribution < -0.4 is 5.32 Å². The second kappa shape index (κ2) is 6.63. The molecule has 92 valence electrons. The van der Waals surface area contributed by atoms with E-state index in [0.717, 1.165) is 18.9 Å². The highest BCUT2D eigenvalue weighted by Crippen LogP contribution is 2.10. The minimum absolute atomic E-state index is 0.485. The van der Waals surface area contributed by atoms with Gasteiger partial charge in [0.15, 0.2) is 0 Å². The van der Waals surface area contributed by atoms with Crippen molar-refractivity contribution in [2.45, 2.75) is 59.7 Å². The molecule has 1 aromatic heterocycles.